The van der Waals surface area contributed by atoms with E-state index in [0.29, 0.717) is 6.54 Å². The molecular weight excluding hydrogens is 166 g/mol. The van der Waals surface area contributed by atoms with Crippen LogP contribution < -0.4 is 10.9 Å². The molecule has 0 aliphatic rings. The molecule has 0 aliphatic carbocycles. The molecule has 0 spiro atoms. The van der Waals surface area contributed by atoms with Crippen molar-refractivity contribution < 1.29 is 0 Å². The van der Waals surface area contributed by atoms with E-state index in [-0.39, 0.29) is 5.56 Å². The average Bonchev–Trinajstić information content (AvgIpc) is 2.11. The molecule has 13 heavy (non-hydrogen) atoms. The SMILES string of the molecule is CCCNCc1cc(C)n[nH]c1=O. The number of H-pyrrole nitrogens is 1. The maximum atomic E-state index is 11.2. The zero-order valence-electron chi connectivity index (χ0n) is 8.05. The first-order valence-electron chi connectivity index (χ1n) is 4.50. The van der Waals surface area contributed by atoms with Crippen molar-refractivity contribution in [1.82, 2.24) is 15.5 Å². The lowest BCUT2D eigenvalue weighted by atomic mass is 10.2. The summed E-state index contributed by atoms with van der Waals surface area (Å²) in [5, 5.41) is 9.42. The lowest BCUT2D eigenvalue weighted by molar-refractivity contribution is 0.667. The fraction of sp³-hybridized carbons (Fsp3) is 0.556. The second-order valence-corrected chi connectivity index (χ2v) is 3.04. The Morgan fingerprint density at radius 2 is 2.38 bits per heavy atom. The Morgan fingerprint density at radius 3 is 3.08 bits per heavy atom. The summed E-state index contributed by atoms with van der Waals surface area (Å²) in [4.78, 5) is 11.2. The van der Waals surface area contributed by atoms with Crippen LogP contribution in [0.1, 0.15) is 24.6 Å². The minimum atomic E-state index is -0.103. The molecule has 4 nitrogen and oxygen atoms in total. The van der Waals surface area contributed by atoms with Gasteiger partial charge in [-0.05, 0) is 26.0 Å². The molecule has 0 bridgehead atoms. The lowest BCUT2D eigenvalue weighted by Crippen LogP contribution is -2.22. The van der Waals surface area contributed by atoms with E-state index in [4.69, 9.17) is 0 Å². The topological polar surface area (TPSA) is 57.8 Å². The van der Waals surface area contributed by atoms with Gasteiger partial charge in [-0.15, -0.1) is 0 Å². The molecule has 2 N–H and O–H groups in total. The summed E-state index contributed by atoms with van der Waals surface area (Å²) in [7, 11) is 0. The van der Waals surface area contributed by atoms with Crippen LogP contribution >= 0.6 is 0 Å². The van der Waals surface area contributed by atoms with E-state index in [1.54, 1.807) is 0 Å². The highest BCUT2D eigenvalue weighted by Gasteiger charge is 1.98. The third-order valence-corrected chi connectivity index (χ3v) is 1.75. The van der Waals surface area contributed by atoms with Crippen LogP contribution in [0.2, 0.25) is 0 Å². The van der Waals surface area contributed by atoms with Crippen LogP contribution in [0.5, 0.6) is 0 Å². The summed E-state index contributed by atoms with van der Waals surface area (Å²) in [6, 6.07) is 1.81. The van der Waals surface area contributed by atoms with E-state index in [1.165, 1.54) is 0 Å². The first-order chi connectivity index (χ1) is 6.24. The molecule has 72 valence electrons. The van der Waals surface area contributed by atoms with Crippen molar-refractivity contribution in [3.8, 4) is 0 Å². The Hall–Kier alpha value is -1.16. The first kappa shape index (κ1) is 9.92. The van der Waals surface area contributed by atoms with E-state index >= 15 is 0 Å². The van der Waals surface area contributed by atoms with Crippen LogP contribution in [0.25, 0.3) is 0 Å². The van der Waals surface area contributed by atoms with Crippen LogP contribution in [0, 0.1) is 6.92 Å². The van der Waals surface area contributed by atoms with Gasteiger partial charge in [0.1, 0.15) is 0 Å². The number of hydrogen-bond acceptors (Lipinski definition) is 3. The highest BCUT2D eigenvalue weighted by atomic mass is 16.1. The van der Waals surface area contributed by atoms with Crippen LogP contribution in [0.4, 0.5) is 0 Å². The second kappa shape index (κ2) is 4.77. The third-order valence-electron chi connectivity index (χ3n) is 1.75. The molecule has 0 saturated heterocycles. The number of aromatic amines is 1. The lowest BCUT2D eigenvalue weighted by Gasteiger charge is -2.01. The Bertz CT molecular complexity index is 319. The van der Waals surface area contributed by atoms with Gasteiger partial charge in [0.05, 0.1) is 5.69 Å². The summed E-state index contributed by atoms with van der Waals surface area (Å²) in [5.41, 5.74) is 1.49. The zero-order valence-corrected chi connectivity index (χ0v) is 8.05. The molecule has 0 aromatic carbocycles. The molecule has 1 aromatic rings. The average molecular weight is 181 g/mol. The quantitative estimate of drug-likeness (QED) is 0.668. The highest BCUT2D eigenvalue weighted by molar-refractivity contribution is 5.11. The van der Waals surface area contributed by atoms with Gasteiger partial charge in [-0.2, -0.15) is 5.10 Å². The van der Waals surface area contributed by atoms with Crippen molar-refractivity contribution in [2.45, 2.75) is 26.8 Å². The van der Waals surface area contributed by atoms with Gasteiger partial charge < -0.3 is 5.32 Å². The number of nitrogens with one attached hydrogen (secondary N) is 2. The molecule has 1 aromatic heterocycles. The van der Waals surface area contributed by atoms with E-state index in [9.17, 15) is 4.79 Å². The smallest absolute Gasteiger partial charge is 0.268 e. The fourth-order valence-electron chi connectivity index (χ4n) is 1.09. The van der Waals surface area contributed by atoms with Crippen LogP contribution in [0.3, 0.4) is 0 Å². The Balaban J connectivity index is 2.65. The van der Waals surface area contributed by atoms with Crippen molar-refractivity contribution in [3.05, 3.63) is 27.7 Å². The molecule has 1 heterocycles. The first-order valence-corrected chi connectivity index (χ1v) is 4.50. The van der Waals surface area contributed by atoms with Crippen molar-refractivity contribution >= 4 is 0 Å². The molecule has 0 unspecified atom stereocenters. The van der Waals surface area contributed by atoms with E-state index in [1.807, 2.05) is 13.0 Å². The number of aromatic nitrogens is 2. The molecule has 0 fully saturated rings. The summed E-state index contributed by atoms with van der Waals surface area (Å²) in [6.45, 7) is 5.50. The number of nitrogens with zero attached hydrogens (tertiary/aromatic N) is 1. The number of rotatable bonds is 4. The Kier molecular flexibility index (Phi) is 3.64. The van der Waals surface area contributed by atoms with Crippen LogP contribution in [-0.2, 0) is 6.54 Å². The van der Waals surface area contributed by atoms with Gasteiger partial charge in [-0.25, -0.2) is 5.10 Å². The van der Waals surface area contributed by atoms with Crippen LogP contribution in [-0.4, -0.2) is 16.7 Å². The maximum absolute atomic E-state index is 11.2. The normalized spacial score (nSPS) is 10.3. The van der Waals surface area contributed by atoms with Crippen LogP contribution in [0.15, 0.2) is 10.9 Å². The van der Waals surface area contributed by atoms with Crippen molar-refractivity contribution in [2.24, 2.45) is 0 Å². The standard InChI is InChI=1S/C9H15N3O/c1-3-4-10-6-8-5-7(2)11-12-9(8)13/h5,10H,3-4,6H2,1-2H3,(H,12,13). The van der Waals surface area contributed by atoms with Gasteiger partial charge in [-0.3, -0.25) is 4.79 Å². The van der Waals surface area contributed by atoms with Gasteiger partial charge in [0.25, 0.3) is 5.56 Å². The maximum Gasteiger partial charge on any atom is 0.268 e. The second-order valence-electron chi connectivity index (χ2n) is 3.04. The largest absolute Gasteiger partial charge is 0.312 e. The molecule has 0 radical (unpaired) electrons. The van der Waals surface area contributed by atoms with E-state index in [0.717, 1.165) is 24.2 Å². The minimum Gasteiger partial charge on any atom is -0.312 e. The molecule has 0 amide bonds. The van der Waals surface area contributed by atoms with E-state index < -0.39 is 0 Å². The van der Waals surface area contributed by atoms with Gasteiger partial charge in [-0.1, -0.05) is 6.92 Å². The Morgan fingerprint density at radius 1 is 1.62 bits per heavy atom. The van der Waals surface area contributed by atoms with Gasteiger partial charge in [0, 0.05) is 12.1 Å². The predicted molar refractivity (Wildman–Crippen MR) is 51.6 cm³/mol. The summed E-state index contributed by atoms with van der Waals surface area (Å²) in [6.07, 6.45) is 1.07. The molecule has 4 heteroatoms. The molecule has 0 saturated carbocycles. The molecule has 1 rings (SSSR count). The highest BCUT2D eigenvalue weighted by Crippen LogP contribution is 1.92. The third kappa shape index (κ3) is 2.99. The molecule has 0 atom stereocenters. The monoisotopic (exact) mass is 181 g/mol. The fourth-order valence-corrected chi connectivity index (χ4v) is 1.09. The van der Waals surface area contributed by atoms with Crippen molar-refractivity contribution in [2.75, 3.05) is 6.54 Å². The van der Waals surface area contributed by atoms with E-state index in [2.05, 4.69) is 22.4 Å². The summed E-state index contributed by atoms with van der Waals surface area (Å²) >= 11 is 0. The number of aryl methyl sites for hydroxylation is 1. The Labute approximate surface area is 77.4 Å². The summed E-state index contributed by atoms with van der Waals surface area (Å²) in [5.74, 6) is 0. The predicted octanol–water partition coefficient (Wildman–Crippen LogP) is 0.578. The molecule has 0 aliphatic heterocycles. The van der Waals surface area contributed by atoms with Gasteiger partial charge in [0.2, 0.25) is 0 Å². The minimum absolute atomic E-state index is 0.103. The summed E-state index contributed by atoms with van der Waals surface area (Å²) < 4.78 is 0. The molecular formula is C9H15N3O. The zero-order chi connectivity index (χ0) is 9.68. The van der Waals surface area contributed by atoms with Gasteiger partial charge in [0.15, 0.2) is 0 Å². The number of hydrogen-bond donors (Lipinski definition) is 2. The van der Waals surface area contributed by atoms with Crippen molar-refractivity contribution in [3.63, 3.8) is 0 Å². The van der Waals surface area contributed by atoms with Gasteiger partial charge >= 0.3 is 0 Å². The van der Waals surface area contributed by atoms with Crippen molar-refractivity contribution in [1.29, 1.82) is 0 Å².